The van der Waals surface area contributed by atoms with Crippen molar-refractivity contribution in [2.45, 2.75) is 13.5 Å². The molecule has 0 aliphatic carbocycles. The second kappa shape index (κ2) is 8.01. The Hall–Kier alpha value is -3.19. The first kappa shape index (κ1) is 18.6. The van der Waals surface area contributed by atoms with Gasteiger partial charge in [-0.2, -0.15) is 0 Å². The van der Waals surface area contributed by atoms with Crippen LogP contribution < -0.4 is 10.1 Å². The first-order valence-electron chi connectivity index (χ1n) is 8.37. The standard InChI is InChI=1S/C20H18N2O4S/c1-2-22-18(23)17(21-20(22)27)11-13-5-9-16(10-6-13)26-12-14-3-7-15(8-4-14)19(24)25/h3-11H,2,12H2,1H3,(H,21,27)(H,24,25). The average molecular weight is 382 g/mol. The molecule has 1 saturated heterocycles. The monoisotopic (exact) mass is 382 g/mol. The topological polar surface area (TPSA) is 78.9 Å². The number of likely N-dealkylation sites (N-methyl/N-ethyl adjacent to an activating group) is 1. The van der Waals surface area contributed by atoms with Crippen LogP contribution in [0.5, 0.6) is 5.75 Å². The van der Waals surface area contributed by atoms with Crippen LogP contribution in [0, 0.1) is 0 Å². The lowest BCUT2D eigenvalue weighted by atomic mass is 10.1. The van der Waals surface area contributed by atoms with Crippen LogP contribution in [0.25, 0.3) is 6.08 Å². The molecule has 2 N–H and O–H groups in total. The Bertz CT molecular complexity index is 905. The molecule has 2 aromatic carbocycles. The van der Waals surface area contributed by atoms with Crippen LogP contribution in [-0.4, -0.2) is 33.5 Å². The lowest BCUT2D eigenvalue weighted by Gasteiger charge is -2.09. The van der Waals surface area contributed by atoms with Crippen molar-refractivity contribution in [1.29, 1.82) is 0 Å². The molecule has 1 aliphatic rings. The predicted molar refractivity (Wildman–Crippen MR) is 105 cm³/mol. The maximum atomic E-state index is 12.2. The van der Waals surface area contributed by atoms with Crippen LogP contribution in [0.15, 0.2) is 54.2 Å². The van der Waals surface area contributed by atoms with E-state index in [1.165, 1.54) is 4.90 Å². The fraction of sp³-hybridized carbons (Fsp3) is 0.150. The number of nitrogens with zero attached hydrogens (tertiary/aromatic N) is 1. The number of thiocarbonyl (C=S) groups is 1. The molecule has 2 aromatic rings. The number of hydrogen-bond donors (Lipinski definition) is 2. The quantitative estimate of drug-likeness (QED) is 0.591. The van der Waals surface area contributed by atoms with Crippen LogP contribution in [0.4, 0.5) is 0 Å². The van der Waals surface area contributed by atoms with E-state index in [1.807, 2.05) is 31.2 Å². The van der Waals surface area contributed by atoms with Gasteiger partial charge in [0.05, 0.1) is 5.56 Å². The summed E-state index contributed by atoms with van der Waals surface area (Å²) in [4.78, 5) is 24.5. The number of carboxylic acid groups (broad SMARTS) is 1. The number of ether oxygens (including phenoxy) is 1. The highest BCUT2D eigenvalue weighted by Crippen LogP contribution is 2.18. The zero-order chi connectivity index (χ0) is 19.4. The second-order valence-electron chi connectivity index (χ2n) is 5.90. The average Bonchev–Trinajstić information content (AvgIpc) is 2.94. The molecular weight excluding hydrogens is 364 g/mol. The van der Waals surface area contributed by atoms with Gasteiger partial charge >= 0.3 is 5.97 Å². The number of nitrogens with one attached hydrogen (secondary N) is 1. The van der Waals surface area contributed by atoms with E-state index >= 15 is 0 Å². The minimum Gasteiger partial charge on any atom is -0.489 e. The Morgan fingerprint density at radius 3 is 2.41 bits per heavy atom. The molecular formula is C20H18N2O4S. The molecule has 6 nitrogen and oxygen atoms in total. The van der Waals surface area contributed by atoms with Crippen molar-refractivity contribution in [2.75, 3.05) is 6.54 Å². The van der Waals surface area contributed by atoms with Gasteiger partial charge in [0, 0.05) is 6.54 Å². The third kappa shape index (κ3) is 4.32. The van der Waals surface area contributed by atoms with Gasteiger partial charge in [0.2, 0.25) is 0 Å². The van der Waals surface area contributed by atoms with E-state index < -0.39 is 5.97 Å². The first-order valence-corrected chi connectivity index (χ1v) is 8.78. The smallest absolute Gasteiger partial charge is 0.335 e. The Kier molecular flexibility index (Phi) is 5.52. The minimum absolute atomic E-state index is 0.132. The maximum absolute atomic E-state index is 12.2. The van der Waals surface area contributed by atoms with Gasteiger partial charge in [0.25, 0.3) is 5.91 Å². The highest BCUT2D eigenvalue weighted by molar-refractivity contribution is 7.80. The van der Waals surface area contributed by atoms with E-state index in [-0.39, 0.29) is 11.5 Å². The van der Waals surface area contributed by atoms with Gasteiger partial charge in [-0.1, -0.05) is 24.3 Å². The summed E-state index contributed by atoms with van der Waals surface area (Å²) in [6.45, 7) is 2.73. The first-order chi connectivity index (χ1) is 13.0. The lowest BCUT2D eigenvalue weighted by Crippen LogP contribution is -2.30. The molecule has 1 aliphatic heterocycles. The second-order valence-corrected chi connectivity index (χ2v) is 6.28. The van der Waals surface area contributed by atoms with Crippen LogP contribution in [0.3, 0.4) is 0 Å². The largest absolute Gasteiger partial charge is 0.489 e. The van der Waals surface area contributed by atoms with E-state index in [4.69, 9.17) is 22.1 Å². The summed E-state index contributed by atoms with van der Waals surface area (Å²) in [6, 6.07) is 13.9. The van der Waals surface area contributed by atoms with Gasteiger partial charge in [0.15, 0.2) is 5.11 Å². The molecule has 0 radical (unpaired) electrons. The zero-order valence-electron chi connectivity index (χ0n) is 14.6. The SMILES string of the molecule is CCN1C(=O)C(=Cc2ccc(OCc3ccc(C(=O)O)cc3)cc2)NC1=S. The number of aromatic carboxylic acids is 1. The number of benzene rings is 2. The molecule has 0 bridgehead atoms. The molecule has 1 heterocycles. The molecule has 0 atom stereocenters. The van der Waals surface area contributed by atoms with Gasteiger partial charge < -0.3 is 15.2 Å². The highest BCUT2D eigenvalue weighted by atomic mass is 32.1. The molecule has 3 rings (SSSR count). The van der Waals surface area contributed by atoms with E-state index in [0.29, 0.717) is 29.7 Å². The van der Waals surface area contributed by atoms with Crippen molar-refractivity contribution < 1.29 is 19.4 Å². The van der Waals surface area contributed by atoms with Crippen molar-refractivity contribution in [3.8, 4) is 5.75 Å². The molecule has 1 amide bonds. The van der Waals surface area contributed by atoms with E-state index in [0.717, 1.165) is 11.1 Å². The predicted octanol–water partition coefficient (Wildman–Crippen LogP) is 3.04. The van der Waals surface area contributed by atoms with Crippen molar-refractivity contribution >= 4 is 35.3 Å². The van der Waals surface area contributed by atoms with Gasteiger partial charge in [-0.3, -0.25) is 9.69 Å². The molecule has 0 unspecified atom stereocenters. The molecule has 0 spiro atoms. The number of carbonyl (C=O) groups is 2. The minimum atomic E-state index is -0.953. The maximum Gasteiger partial charge on any atom is 0.335 e. The highest BCUT2D eigenvalue weighted by Gasteiger charge is 2.28. The Morgan fingerprint density at radius 2 is 1.85 bits per heavy atom. The normalized spacial score (nSPS) is 15.1. The number of carbonyl (C=O) groups excluding carboxylic acids is 1. The van der Waals surface area contributed by atoms with Gasteiger partial charge in [-0.15, -0.1) is 0 Å². The number of hydrogen-bond acceptors (Lipinski definition) is 4. The van der Waals surface area contributed by atoms with Crippen LogP contribution in [0.2, 0.25) is 0 Å². The third-order valence-electron chi connectivity index (χ3n) is 4.08. The number of amides is 1. The summed E-state index contributed by atoms with van der Waals surface area (Å²) in [5.74, 6) is -0.409. The summed E-state index contributed by atoms with van der Waals surface area (Å²) in [7, 11) is 0. The van der Waals surface area contributed by atoms with Gasteiger partial charge in [-0.05, 0) is 60.6 Å². The number of rotatable bonds is 6. The van der Waals surface area contributed by atoms with Crippen molar-refractivity contribution in [3.05, 3.63) is 70.9 Å². The van der Waals surface area contributed by atoms with Gasteiger partial charge in [-0.25, -0.2) is 4.79 Å². The summed E-state index contributed by atoms with van der Waals surface area (Å²) in [5.41, 5.74) is 2.42. The lowest BCUT2D eigenvalue weighted by molar-refractivity contribution is -0.122. The molecule has 0 aromatic heterocycles. The Morgan fingerprint density at radius 1 is 1.19 bits per heavy atom. The van der Waals surface area contributed by atoms with Crippen molar-refractivity contribution in [2.24, 2.45) is 0 Å². The van der Waals surface area contributed by atoms with E-state index in [9.17, 15) is 9.59 Å². The van der Waals surface area contributed by atoms with E-state index in [2.05, 4.69) is 5.32 Å². The van der Waals surface area contributed by atoms with Crippen molar-refractivity contribution in [1.82, 2.24) is 10.2 Å². The Balaban J connectivity index is 1.62. The summed E-state index contributed by atoms with van der Waals surface area (Å²) in [6.07, 6.45) is 1.75. The van der Waals surface area contributed by atoms with Gasteiger partial charge in [0.1, 0.15) is 18.1 Å². The molecule has 1 fully saturated rings. The molecule has 27 heavy (non-hydrogen) atoms. The summed E-state index contributed by atoms with van der Waals surface area (Å²) < 4.78 is 5.71. The number of carboxylic acids is 1. The van der Waals surface area contributed by atoms with E-state index in [1.54, 1.807) is 30.3 Å². The zero-order valence-corrected chi connectivity index (χ0v) is 15.5. The van der Waals surface area contributed by atoms with Crippen LogP contribution in [0.1, 0.15) is 28.4 Å². The molecule has 7 heteroatoms. The fourth-order valence-corrected chi connectivity index (χ4v) is 2.92. The molecule has 138 valence electrons. The fourth-order valence-electron chi connectivity index (χ4n) is 2.60. The summed E-state index contributed by atoms with van der Waals surface area (Å²) >= 11 is 5.13. The molecule has 0 saturated carbocycles. The third-order valence-corrected chi connectivity index (χ3v) is 4.40. The van der Waals surface area contributed by atoms with Crippen LogP contribution >= 0.6 is 12.2 Å². The van der Waals surface area contributed by atoms with Crippen molar-refractivity contribution in [3.63, 3.8) is 0 Å². The van der Waals surface area contributed by atoms with Crippen LogP contribution in [-0.2, 0) is 11.4 Å². The summed E-state index contributed by atoms with van der Waals surface area (Å²) in [5, 5.41) is 12.2. The Labute approximate surface area is 162 Å².